The zero-order chi connectivity index (χ0) is 10.9. The number of carbonyl (C=O) groups is 2. The lowest BCUT2D eigenvalue weighted by Crippen LogP contribution is -2.40. The average molecular weight is 195 g/mol. The van der Waals surface area contributed by atoms with Gasteiger partial charge in [0.15, 0.2) is 0 Å². The van der Waals surface area contributed by atoms with Crippen molar-refractivity contribution in [2.45, 2.75) is 40.2 Å². The van der Waals surface area contributed by atoms with E-state index in [-0.39, 0.29) is 23.7 Å². The van der Waals surface area contributed by atoms with Crippen LogP contribution in [0.2, 0.25) is 0 Å². The fourth-order valence-corrected chi connectivity index (χ4v) is 2.10. The summed E-state index contributed by atoms with van der Waals surface area (Å²) < 4.78 is 0. The van der Waals surface area contributed by atoms with Crippen LogP contribution in [0.3, 0.4) is 0 Å². The average Bonchev–Trinajstić information content (AvgIpc) is 2.01. The Morgan fingerprint density at radius 3 is 2.36 bits per heavy atom. The maximum atomic E-state index is 11.3. The Hall–Kier alpha value is -1.12. The maximum absolute atomic E-state index is 11.3. The van der Waals surface area contributed by atoms with Crippen LogP contribution in [0, 0.1) is 5.92 Å². The fraction of sp³-hybridized carbons (Fsp3) is 0.636. The van der Waals surface area contributed by atoms with E-state index in [1.165, 1.54) is 0 Å². The summed E-state index contributed by atoms with van der Waals surface area (Å²) in [7, 11) is 0. The molecule has 0 aromatic rings. The monoisotopic (exact) mass is 195 g/mol. The third kappa shape index (κ3) is 2.03. The van der Waals surface area contributed by atoms with E-state index < -0.39 is 0 Å². The molecule has 1 aliphatic rings. The van der Waals surface area contributed by atoms with Crippen molar-refractivity contribution in [3.63, 3.8) is 0 Å². The van der Waals surface area contributed by atoms with Gasteiger partial charge in [0, 0.05) is 24.6 Å². The molecule has 3 nitrogen and oxygen atoms in total. The number of hydrogen-bond donors (Lipinski definition) is 0. The van der Waals surface area contributed by atoms with E-state index in [4.69, 9.17) is 0 Å². The highest BCUT2D eigenvalue weighted by molar-refractivity contribution is 5.82. The molecule has 0 aliphatic carbocycles. The van der Waals surface area contributed by atoms with Crippen molar-refractivity contribution < 1.29 is 9.59 Å². The molecular weight excluding hydrogens is 178 g/mol. The Balaban J connectivity index is 2.92. The highest BCUT2D eigenvalue weighted by Crippen LogP contribution is 2.25. The van der Waals surface area contributed by atoms with Gasteiger partial charge in [0.2, 0.25) is 5.91 Å². The van der Waals surface area contributed by atoms with Crippen molar-refractivity contribution in [2.75, 3.05) is 0 Å². The smallest absolute Gasteiger partial charge is 0.223 e. The standard InChI is InChI=1S/C11H17NO2/c1-7-5-11(9(3)13)6-8(2)12(7)10(4)14/h5,8,11H,6H2,1-4H3. The highest BCUT2D eigenvalue weighted by Gasteiger charge is 2.28. The lowest BCUT2D eigenvalue weighted by atomic mass is 9.91. The summed E-state index contributed by atoms with van der Waals surface area (Å²) in [6.07, 6.45) is 2.63. The summed E-state index contributed by atoms with van der Waals surface area (Å²) in [6.45, 7) is 7.02. The fourth-order valence-electron chi connectivity index (χ4n) is 2.10. The summed E-state index contributed by atoms with van der Waals surface area (Å²) in [6, 6.07) is 0.131. The number of amides is 1. The topological polar surface area (TPSA) is 37.4 Å². The van der Waals surface area contributed by atoms with Gasteiger partial charge in [-0.25, -0.2) is 0 Å². The predicted octanol–water partition coefficient (Wildman–Crippen LogP) is 1.74. The summed E-state index contributed by atoms with van der Waals surface area (Å²) >= 11 is 0. The molecule has 1 amide bonds. The van der Waals surface area contributed by atoms with Crippen molar-refractivity contribution in [1.29, 1.82) is 0 Å². The van der Waals surface area contributed by atoms with E-state index in [9.17, 15) is 9.59 Å². The Morgan fingerprint density at radius 2 is 2.00 bits per heavy atom. The predicted molar refractivity (Wildman–Crippen MR) is 54.5 cm³/mol. The van der Waals surface area contributed by atoms with Gasteiger partial charge >= 0.3 is 0 Å². The quantitative estimate of drug-likeness (QED) is 0.639. The Morgan fingerprint density at radius 1 is 1.43 bits per heavy atom. The van der Waals surface area contributed by atoms with Crippen molar-refractivity contribution >= 4 is 11.7 Å². The Bertz CT molecular complexity index is 294. The molecule has 2 unspecified atom stereocenters. The van der Waals surface area contributed by atoms with Gasteiger partial charge in [-0.05, 0) is 27.2 Å². The number of nitrogens with zero attached hydrogens (tertiary/aromatic N) is 1. The first-order valence-electron chi connectivity index (χ1n) is 4.92. The number of ketones is 1. The molecule has 0 saturated carbocycles. The molecule has 1 rings (SSSR count). The largest absolute Gasteiger partial charge is 0.314 e. The van der Waals surface area contributed by atoms with Gasteiger partial charge in [-0.3, -0.25) is 9.59 Å². The second kappa shape index (κ2) is 3.95. The molecule has 3 heteroatoms. The minimum absolute atomic E-state index is 0.0133. The number of carbonyl (C=O) groups excluding carboxylic acids is 2. The maximum Gasteiger partial charge on any atom is 0.223 e. The Kier molecular flexibility index (Phi) is 3.09. The van der Waals surface area contributed by atoms with Gasteiger partial charge in [-0.15, -0.1) is 0 Å². The molecule has 1 heterocycles. The molecule has 0 fully saturated rings. The summed E-state index contributed by atoms with van der Waals surface area (Å²) in [5.41, 5.74) is 0.899. The van der Waals surface area contributed by atoms with Crippen LogP contribution in [-0.2, 0) is 9.59 Å². The molecule has 0 saturated heterocycles. The second-order valence-corrected chi connectivity index (χ2v) is 4.00. The molecule has 0 spiro atoms. The zero-order valence-corrected chi connectivity index (χ0v) is 9.20. The number of rotatable bonds is 1. The van der Waals surface area contributed by atoms with Gasteiger partial charge < -0.3 is 4.90 Å². The van der Waals surface area contributed by atoms with Gasteiger partial charge in [0.05, 0.1) is 0 Å². The SMILES string of the molecule is CC(=O)C1C=C(C)N(C(C)=O)C(C)C1. The molecule has 14 heavy (non-hydrogen) atoms. The van der Waals surface area contributed by atoms with Crippen LogP contribution in [0.1, 0.15) is 34.1 Å². The number of hydrogen-bond acceptors (Lipinski definition) is 2. The molecule has 0 aromatic heterocycles. The Labute approximate surface area is 84.8 Å². The normalized spacial score (nSPS) is 27.1. The summed E-state index contributed by atoms with van der Waals surface area (Å²) in [4.78, 5) is 24.3. The van der Waals surface area contributed by atoms with Gasteiger partial charge in [0.25, 0.3) is 0 Å². The number of allylic oxidation sites excluding steroid dienone is 2. The summed E-state index contributed by atoms with van der Waals surface area (Å²) in [5.74, 6) is 0.216. The lowest BCUT2D eigenvalue weighted by molar-refractivity contribution is -0.130. The van der Waals surface area contributed by atoms with E-state index in [0.29, 0.717) is 0 Å². The van der Waals surface area contributed by atoms with Gasteiger partial charge in [-0.2, -0.15) is 0 Å². The van der Waals surface area contributed by atoms with E-state index >= 15 is 0 Å². The van der Waals surface area contributed by atoms with Crippen molar-refractivity contribution in [1.82, 2.24) is 4.90 Å². The summed E-state index contributed by atoms with van der Waals surface area (Å²) in [5, 5.41) is 0. The van der Waals surface area contributed by atoms with Crippen LogP contribution >= 0.6 is 0 Å². The highest BCUT2D eigenvalue weighted by atomic mass is 16.2. The van der Waals surface area contributed by atoms with Crippen molar-refractivity contribution in [3.8, 4) is 0 Å². The van der Waals surface area contributed by atoms with Crippen LogP contribution in [0.5, 0.6) is 0 Å². The van der Waals surface area contributed by atoms with Gasteiger partial charge in [0.1, 0.15) is 5.78 Å². The van der Waals surface area contributed by atoms with Crippen molar-refractivity contribution in [2.24, 2.45) is 5.92 Å². The molecular formula is C11H17NO2. The molecule has 1 aliphatic heterocycles. The minimum Gasteiger partial charge on any atom is -0.314 e. The van der Waals surface area contributed by atoms with Crippen LogP contribution in [0.4, 0.5) is 0 Å². The minimum atomic E-state index is -0.0133. The molecule has 0 N–H and O–H groups in total. The first kappa shape index (κ1) is 11.0. The third-order valence-electron chi connectivity index (χ3n) is 2.72. The first-order valence-corrected chi connectivity index (χ1v) is 4.92. The van der Waals surface area contributed by atoms with Gasteiger partial charge in [-0.1, -0.05) is 6.08 Å². The lowest BCUT2D eigenvalue weighted by Gasteiger charge is -2.35. The number of Topliss-reactive ketones (excluding diaryl/α,β-unsaturated/α-hetero) is 1. The van der Waals surface area contributed by atoms with E-state index in [1.54, 1.807) is 18.7 Å². The molecule has 0 radical (unpaired) electrons. The molecule has 2 atom stereocenters. The third-order valence-corrected chi connectivity index (χ3v) is 2.72. The van der Waals surface area contributed by atoms with E-state index in [1.807, 2.05) is 19.9 Å². The van der Waals surface area contributed by atoms with E-state index in [2.05, 4.69) is 0 Å². The van der Waals surface area contributed by atoms with E-state index in [0.717, 1.165) is 12.1 Å². The second-order valence-electron chi connectivity index (χ2n) is 4.00. The first-order chi connectivity index (χ1) is 6.43. The molecule has 0 bridgehead atoms. The van der Waals surface area contributed by atoms with Crippen LogP contribution in [-0.4, -0.2) is 22.6 Å². The van der Waals surface area contributed by atoms with Crippen LogP contribution < -0.4 is 0 Å². The van der Waals surface area contributed by atoms with Crippen LogP contribution in [0.15, 0.2) is 11.8 Å². The van der Waals surface area contributed by atoms with Crippen molar-refractivity contribution in [3.05, 3.63) is 11.8 Å². The molecule has 0 aromatic carbocycles. The molecule has 78 valence electrons. The zero-order valence-electron chi connectivity index (χ0n) is 9.20. The van der Waals surface area contributed by atoms with Crippen LogP contribution in [0.25, 0.3) is 0 Å².